The van der Waals surface area contributed by atoms with Crippen molar-refractivity contribution in [2.24, 2.45) is 11.8 Å². The summed E-state index contributed by atoms with van der Waals surface area (Å²) in [6.45, 7) is 4.53. The van der Waals surface area contributed by atoms with Crippen LogP contribution < -0.4 is 0 Å². The summed E-state index contributed by atoms with van der Waals surface area (Å²) >= 11 is 0. The Labute approximate surface area is 82.9 Å². The fraction of sp³-hybridized carbons (Fsp3) is 0.917. The smallest absolute Gasteiger partial charge is 0.1000 e. The third-order valence-corrected chi connectivity index (χ3v) is 2.93. The molecule has 1 aliphatic carbocycles. The lowest BCUT2D eigenvalue weighted by Crippen LogP contribution is -2.19. The van der Waals surface area contributed by atoms with Crippen LogP contribution in [-0.2, 0) is 4.74 Å². The van der Waals surface area contributed by atoms with Gasteiger partial charge in [-0.3, -0.25) is 0 Å². The van der Waals surface area contributed by atoms with Gasteiger partial charge in [-0.2, -0.15) is 0 Å². The Hall–Kier alpha value is -0.0400. The van der Waals surface area contributed by atoms with Crippen molar-refractivity contribution in [3.63, 3.8) is 0 Å². The molecule has 0 atom stereocenters. The molecule has 1 fully saturated rings. The molecule has 1 aliphatic rings. The lowest BCUT2D eigenvalue weighted by molar-refractivity contribution is 0.116. The van der Waals surface area contributed by atoms with Crippen LogP contribution in [0.15, 0.2) is 0 Å². The number of methoxy groups -OCH3 is 1. The second-order valence-corrected chi connectivity index (χ2v) is 4.60. The van der Waals surface area contributed by atoms with Gasteiger partial charge in [0.25, 0.3) is 0 Å². The zero-order chi connectivity index (χ0) is 9.68. The summed E-state index contributed by atoms with van der Waals surface area (Å²) in [5.74, 6) is 1.50. The summed E-state index contributed by atoms with van der Waals surface area (Å²) in [7, 11) is 1.84. The minimum Gasteiger partial charge on any atom is -0.375 e. The van der Waals surface area contributed by atoms with Crippen molar-refractivity contribution in [2.75, 3.05) is 7.11 Å². The van der Waals surface area contributed by atoms with E-state index >= 15 is 0 Å². The van der Waals surface area contributed by atoms with Gasteiger partial charge in [-0.1, -0.05) is 33.1 Å². The van der Waals surface area contributed by atoms with Crippen LogP contribution in [0.3, 0.4) is 0 Å². The molecular formula is C12H23O. The molecule has 0 aromatic heterocycles. The maximum Gasteiger partial charge on any atom is 0.1000 e. The molecule has 0 aromatic rings. The van der Waals surface area contributed by atoms with Crippen molar-refractivity contribution in [1.29, 1.82) is 0 Å². The summed E-state index contributed by atoms with van der Waals surface area (Å²) < 4.78 is 5.52. The maximum absolute atomic E-state index is 5.52. The number of rotatable bonds is 4. The summed E-state index contributed by atoms with van der Waals surface area (Å²) in [5.41, 5.74) is 0. The predicted octanol–water partition coefficient (Wildman–Crippen LogP) is 3.79. The van der Waals surface area contributed by atoms with E-state index in [0.29, 0.717) is 0 Å². The lowest BCUT2D eigenvalue weighted by atomic mass is 9.82. The normalized spacial score (nSPS) is 20.1. The fourth-order valence-electron chi connectivity index (χ4n) is 2.24. The molecule has 0 N–H and O–H groups in total. The first-order valence-electron chi connectivity index (χ1n) is 5.63. The van der Waals surface area contributed by atoms with Crippen LogP contribution in [0, 0.1) is 17.9 Å². The Balaban J connectivity index is 2.34. The highest BCUT2D eigenvalue weighted by Crippen LogP contribution is 2.34. The van der Waals surface area contributed by atoms with Gasteiger partial charge in [0.1, 0.15) is 0 Å². The molecule has 1 radical (unpaired) electrons. The van der Waals surface area contributed by atoms with Crippen molar-refractivity contribution in [2.45, 2.75) is 52.4 Å². The standard InChI is InChI=1S/C12H23O/c1-10(2)9-12(13-3)11-7-5-4-6-8-11/h10-11H,4-9H2,1-3H3. The van der Waals surface area contributed by atoms with E-state index in [-0.39, 0.29) is 0 Å². The first kappa shape index (κ1) is 11.0. The van der Waals surface area contributed by atoms with Crippen LogP contribution in [0.5, 0.6) is 0 Å². The number of ether oxygens (including phenoxy) is 1. The molecule has 0 bridgehead atoms. The molecule has 0 heterocycles. The number of hydrogen-bond acceptors (Lipinski definition) is 1. The summed E-state index contributed by atoms with van der Waals surface area (Å²) in [4.78, 5) is 0. The molecule has 0 saturated heterocycles. The van der Waals surface area contributed by atoms with Gasteiger partial charge in [-0.05, 0) is 31.1 Å². The van der Waals surface area contributed by atoms with Crippen molar-refractivity contribution in [3.8, 4) is 0 Å². The van der Waals surface area contributed by atoms with Crippen LogP contribution in [-0.4, -0.2) is 7.11 Å². The molecule has 0 aliphatic heterocycles. The maximum atomic E-state index is 5.52. The molecule has 77 valence electrons. The Bertz CT molecular complexity index is 125. The Morgan fingerprint density at radius 2 is 1.85 bits per heavy atom. The van der Waals surface area contributed by atoms with Crippen LogP contribution in [0.4, 0.5) is 0 Å². The van der Waals surface area contributed by atoms with Crippen LogP contribution in [0.25, 0.3) is 0 Å². The van der Waals surface area contributed by atoms with Gasteiger partial charge in [-0.25, -0.2) is 0 Å². The zero-order valence-electron chi connectivity index (χ0n) is 9.31. The van der Waals surface area contributed by atoms with E-state index in [2.05, 4.69) is 13.8 Å². The quantitative estimate of drug-likeness (QED) is 0.644. The van der Waals surface area contributed by atoms with Crippen LogP contribution in [0.1, 0.15) is 52.4 Å². The molecular weight excluding hydrogens is 160 g/mol. The molecule has 1 rings (SSSR count). The van der Waals surface area contributed by atoms with Gasteiger partial charge in [0.05, 0.1) is 6.10 Å². The van der Waals surface area contributed by atoms with E-state index in [1.54, 1.807) is 0 Å². The molecule has 1 nitrogen and oxygen atoms in total. The molecule has 13 heavy (non-hydrogen) atoms. The summed E-state index contributed by atoms with van der Waals surface area (Å²) in [6.07, 6.45) is 9.45. The first-order chi connectivity index (χ1) is 6.24. The average molecular weight is 183 g/mol. The van der Waals surface area contributed by atoms with Crippen molar-refractivity contribution < 1.29 is 4.74 Å². The van der Waals surface area contributed by atoms with Crippen molar-refractivity contribution in [3.05, 3.63) is 6.10 Å². The Morgan fingerprint density at radius 1 is 1.23 bits per heavy atom. The van der Waals surface area contributed by atoms with E-state index in [1.807, 2.05) is 7.11 Å². The zero-order valence-corrected chi connectivity index (χ0v) is 9.31. The molecule has 0 unspecified atom stereocenters. The monoisotopic (exact) mass is 183 g/mol. The van der Waals surface area contributed by atoms with E-state index < -0.39 is 0 Å². The van der Waals surface area contributed by atoms with E-state index in [1.165, 1.54) is 38.2 Å². The van der Waals surface area contributed by atoms with E-state index in [4.69, 9.17) is 4.74 Å². The average Bonchev–Trinajstić information content (AvgIpc) is 2.15. The molecule has 0 spiro atoms. The van der Waals surface area contributed by atoms with Crippen molar-refractivity contribution >= 4 is 0 Å². The Morgan fingerprint density at radius 3 is 2.31 bits per heavy atom. The minimum atomic E-state index is 0.733. The third kappa shape index (κ3) is 3.68. The highest BCUT2D eigenvalue weighted by Gasteiger charge is 2.24. The fourth-order valence-corrected chi connectivity index (χ4v) is 2.24. The minimum absolute atomic E-state index is 0.733. The summed E-state index contributed by atoms with van der Waals surface area (Å²) in [6, 6.07) is 0. The molecule has 0 aromatic carbocycles. The predicted molar refractivity (Wildman–Crippen MR) is 56.3 cm³/mol. The second-order valence-electron chi connectivity index (χ2n) is 4.60. The molecule has 0 amide bonds. The first-order valence-corrected chi connectivity index (χ1v) is 5.63. The van der Waals surface area contributed by atoms with Gasteiger partial charge in [0.2, 0.25) is 0 Å². The Kier molecular flexibility index (Phi) is 4.79. The highest BCUT2D eigenvalue weighted by molar-refractivity contribution is 4.89. The van der Waals surface area contributed by atoms with Crippen molar-refractivity contribution in [1.82, 2.24) is 0 Å². The van der Waals surface area contributed by atoms with E-state index in [9.17, 15) is 0 Å². The van der Waals surface area contributed by atoms with Crippen LogP contribution in [0.2, 0.25) is 0 Å². The second kappa shape index (κ2) is 5.64. The van der Waals surface area contributed by atoms with Gasteiger partial charge in [-0.15, -0.1) is 0 Å². The van der Waals surface area contributed by atoms with E-state index in [0.717, 1.165) is 18.3 Å². The van der Waals surface area contributed by atoms with Gasteiger partial charge >= 0.3 is 0 Å². The molecule has 1 saturated carbocycles. The van der Waals surface area contributed by atoms with Gasteiger partial charge in [0, 0.05) is 7.11 Å². The SMILES string of the molecule is CO[C](CC(C)C)C1CCCCC1. The topological polar surface area (TPSA) is 9.23 Å². The van der Waals surface area contributed by atoms with Gasteiger partial charge in [0.15, 0.2) is 0 Å². The molecule has 1 heteroatoms. The van der Waals surface area contributed by atoms with Crippen LogP contribution >= 0.6 is 0 Å². The highest BCUT2D eigenvalue weighted by atomic mass is 16.5. The summed E-state index contributed by atoms with van der Waals surface area (Å²) in [5, 5.41) is 0. The lowest BCUT2D eigenvalue weighted by Gasteiger charge is -2.29. The van der Waals surface area contributed by atoms with Gasteiger partial charge < -0.3 is 4.74 Å². The number of hydrogen-bond donors (Lipinski definition) is 0. The third-order valence-electron chi connectivity index (χ3n) is 2.93. The largest absolute Gasteiger partial charge is 0.375 e.